The summed E-state index contributed by atoms with van der Waals surface area (Å²) in [7, 11) is 0. The van der Waals surface area contributed by atoms with Gasteiger partial charge in [-0.2, -0.15) is 4.99 Å². The Morgan fingerprint density at radius 1 is 1.31 bits per heavy atom. The number of terminal acetylenes is 1. The average Bonchev–Trinajstić information content (AvgIpc) is 3.20. The minimum atomic E-state index is -0.390. The number of para-hydroxylation sites is 1. The lowest BCUT2D eigenvalue weighted by atomic mass is 10.1. The van der Waals surface area contributed by atoms with Crippen LogP contribution in [0.1, 0.15) is 5.56 Å². The monoisotopic (exact) mass is 368 g/mol. The smallest absolute Gasteiger partial charge is 0.252 e. The first-order valence-corrected chi connectivity index (χ1v) is 8.65. The number of fused-ring (bicyclic) bond motifs is 2. The SMILES string of the molecule is C#CCn1c(=NC(=O)Cc2ccc3c(c2)OCO3)sc2cccc(F)c21. The van der Waals surface area contributed by atoms with Crippen LogP contribution in [0, 0.1) is 18.2 Å². The molecule has 5 nitrogen and oxygen atoms in total. The number of hydrogen-bond donors (Lipinski definition) is 0. The van der Waals surface area contributed by atoms with E-state index in [1.807, 2.05) is 0 Å². The summed E-state index contributed by atoms with van der Waals surface area (Å²) in [6, 6.07) is 10.1. The van der Waals surface area contributed by atoms with Crippen molar-refractivity contribution < 1.29 is 18.7 Å². The molecule has 0 N–H and O–H groups in total. The van der Waals surface area contributed by atoms with E-state index in [-0.39, 0.29) is 25.7 Å². The highest BCUT2D eigenvalue weighted by Crippen LogP contribution is 2.32. The third-order valence-electron chi connectivity index (χ3n) is 3.91. The zero-order valence-electron chi connectivity index (χ0n) is 13.6. The van der Waals surface area contributed by atoms with E-state index in [9.17, 15) is 9.18 Å². The number of rotatable bonds is 3. The van der Waals surface area contributed by atoms with Crippen LogP contribution in [-0.2, 0) is 17.8 Å². The van der Waals surface area contributed by atoms with Gasteiger partial charge in [0.25, 0.3) is 5.91 Å². The maximum Gasteiger partial charge on any atom is 0.252 e. The van der Waals surface area contributed by atoms with Crippen molar-refractivity contribution in [2.45, 2.75) is 13.0 Å². The highest BCUT2D eigenvalue weighted by molar-refractivity contribution is 7.16. The van der Waals surface area contributed by atoms with Gasteiger partial charge in [-0.3, -0.25) is 4.79 Å². The van der Waals surface area contributed by atoms with Crippen molar-refractivity contribution >= 4 is 27.5 Å². The summed E-state index contributed by atoms with van der Waals surface area (Å²) < 4.78 is 27.0. The Bertz CT molecular complexity index is 1120. The zero-order valence-corrected chi connectivity index (χ0v) is 14.4. The summed E-state index contributed by atoms with van der Waals surface area (Å²) in [5.74, 6) is 3.02. The molecule has 0 radical (unpaired) electrons. The predicted octanol–water partition coefficient (Wildman–Crippen LogP) is 2.87. The van der Waals surface area contributed by atoms with Gasteiger partial charge in [0.15, 0.2) is 16.3 Å². The second-order valence-electron chi connectivity index (χ2n) is 5.63. The molecule has 0 aliphatic carbocycles. The van der Waals surface area contributed by atoms with Crippen molar-refractivity contribution in [2.24, 2.45) is 4.99 Å². The molecule has 7 heteroatoms. The summed E-state index contributed by atoms with van der Waals surface area (Å²) in [4.78, 5) is 16.9. The van der Waals surface area contributed by atoms with Crippen LogP contribution in [0.2, 0.25) is 0 Å². The lowest BCUT2D eigenvalue weighted by Gasteiger charge is -2.01. The number of ether oxygens (including phenoxy) is 2. The molecular formula is C19H13FN2O3S. The number of hydrogen-bond acceptors (Lipinski definition) is 4. The summed E-state index contributed by atoms with van der Waals surface area (Å²) in [5, 5.41) is 0. The lowest BCUT2D eigenvalue weighted by molar-refractivity contribution is -0.117. The summed E-state index contributed by atoms with van der Waals surface area (Å²) in [6.45, 7) is 0.313. The highest BCUT2D eigenvalue weighted by Gasteiger charge is 2.15. The van der Waals surface area contributed by atoms with Crippen molar-refractivity contribution in [1.82, 2.24) is 4.57 Å². The van der Waals surface area contributed by atoms with Crippen molar-refractivity contribution in [2.75, 3.05) is 6.79 Å². The highest BCUT2D eigenvalue weighted by atomic mass is 32.1. The summed E-state index contributed by atoms with van der Waals surface area (Å²) >= 11 is 1.23. The third kappa shape index (κ3) is 2.95. The molecule has 0 saturated heterocycles. The van der Waals surface area contributed by atoms with Gasteiger partial charge in [-0.05, 0) is 29.8 Å². The number of carbonyl (C=O) groups is 1. The predicted molar refractivity (Wildman–Crippen MR) is 95.4 cm³/mol. The molecule has 0 fully saturated rings. The van der Waals surface area contributed by atoms with E-state index in [4.69, 9.17) is 15.9 Å². The topological polar surface area (TPSA) is 52.8 Å². The Kier molecular flexibility index (Phi) is 4.19. The first-order chi connectivity index (χ1) is 12.7. The summed E-state index contributed by atoms with van der Waals surface area (Å²) in [6.07, 6.45) is 5.50. The van der Waals surface area contributed by atoms with Gasteiger partial charge in [-0.1, -0.05) is 29.4 Å². The van der Waals surface area contributed by atoms with E-state index < -0.39 is 5.82 Å². The number of amides is 1. The minimum Gasteiger partial charge on any atom is -0.454 e. The van der Waals surface area contributed by atoms with Crippen LogP contribution in [0.3, 0.4) is 0 Å². The van der Waals surface area contributed by atoms with Gasteiger partial charge >= 0.3 is 0 Å². The van der Waals surface area contributed by atoms with E-state index in [1.165, 1.54) is 17.4 Å². The molecule has 1 amide bonds. The Morgan fingerprint density at radius 3 is 3.00 bits per heavy atom. The van der Waals surface area contributed by atoms with E-state index in [0.717, 1.165) is 5.56 Å². The largest absolute Gasteiger partial charge is 0.454 e. The Labute approximate surface area is 152 Å². The van der Waals surface area contributed by atoms with Crippen LogP contribution in [-0.4, -0.2) is 17.3 Å². The van der Waals surface area contributed by atoms with E-state index >= 15 is 0 Å². The van der Waals surface area contributed by atoms with Crippen LogP contribution < -0.4 is 14.3 Å². The lowest BCUT2D eigenvalue weighted by Crippen LogP contribution is -2.17. The maximum atomic E-state index is 14.2. The van der Waals surface area contributed by atoms with Crippen molar-refractivity contribution in [3.63, 3.8) is 0 Å². The fraction of sp³-hybridized carbons (Fsp3) is 0.158. The minimum absolute atomic E-state index is 0.101. The molecule has 2 heterocycles. The van der Waals surface area contributed by atoms with Crippen molar-refractivity contribution in [3.05, 3.63) is 52.6 Å². The van der Waals surface area contributed by atoms with Crippen molar-refractivity contribution in [3.8, 4) is 23.8 Å². The van der Waals surface area contributed by atoms with Gasteiger partial charge in [-0.25, -0.2) is 4.39 Å². The number of benzene rings is 2. The molecule has 1 aliphatic heterocycles. The number of carbonyl (C=O) groups excluding carboxylic acids is 1. The number of aromatic nitrogens is 1. The van der Waals surface area contributed by atoms with Gasteiger partial charge in [-0.15, -0.1) is 6.42 Å². The van der Waals surface area contributed by atoms with Gasteiger partial charge < -0.3 is 14.0 Å². The van der Waals surface area contributed by atoms with E-state index in [2.05, 4.69) is 10.9 Å². The van der Waals surface area contributed by atoms with E-state index in [1.54, 1.807) is 34.9 Å². The maximum absolute atomic E-state index is 14.2. The molecule has 0 unspecified atom stereocenters. The molecular weight excluding hydrogens is 355 g/mol. The molecule has 4 rings (SSSR count). The molecule has 0 bridgehead atoms. The van der Waals surface area contributed by atoms with Crippen LogP contribution >= 0.6 is 11.3 Å². The fourth-order valence-corrected chi connectivity index (χ4v) is 3.84. The van der Waals surface area contributed by atoms with Crippen LogP contribution in [0.5, 0.6) is 11.5 Å². The molecule has 1 aromatic heterocycles. The van der Waals surface area contributed by atoms with Crippen LogP contribution in [0.4, 0.5) is 4.39 Å². The Balaban J connectivity index is 1.69. The number of nitrogens with zero attached hydrogens (tertiary/aromatic N) is 2. The quantitative estimate of drug-likeness (QED) is 0.668. The number of halogens is 1. The standard InChI is InChI=1S/C19H13FN2O3S/c1-2-8-22-18-13(20)4-3-5-16(18)26-19(22)21-17(23)10-12-6-7-14-15(9-12)25-11-24-14/h1,3-7,9H,8,10-11H2. The second-order valence-corrected chi connectivity index (χ2v) is 6.64. The van der Waals surface area contributed by atoms with Gasteiger partial charge in [0.05, 0.1) is 23.2 Å². The first kappa shape index (κ1) is 16.4. The van der Waals surface area contributed by atoms with Gasteiger partial charge in [0.1, 0.15) is 5.82 Å². The normalized spacial score (nSPS) is 13.2. The van der Waals surface area contributed by atoms with Crippen LogP contribution in [0.15, 0.2) is 41.4 Å². The average molecular weight is 368 g/mol. The second kappa shape index (κ2) is 6.65. The molecule has 130 valence electrons. The first-order valence-electron chi connectivity index (χ1n) is 7.83. The van der Waals surface area contributed by atoms with Gasteiger partial charge in [0, 0.05) is 0 Å². The number of thiazole rings is 1. The Morgan fingerprint density at radius 2 is 2.15 bits per heavy atom. The van der Waals surface area contributed by atoms with Crippen LogP contribution in [0.25, 0.3) is 10.2 Å². The molecule has 2 aromatic carbocycles. The Hall–Kier alpha value is -3.11. The zero-order chi connectivity index (χ0) is 18.1. The third-order valence-corrected chi connectivity index (χ3v) is 4.96. The fourth-order valence-electron chi connectivity index (χ4n) is 2.78. The molecule has 3 aromatic rings. The van der Waals surface area contributed by atoms with Gasteiger partial charge in [0.2, 0.25) is 6.79 Å². The molecule has 0 spiro atoms. The van der Waals surface area contributed by atoms with Crippen molar-refractivity contribution in [1.29, 1.82) is 0 Å². The molecule has 1 aliphatic rings. The molecule has 0 atom stereocenters. The summed E-state index contributed by atoms with van der Waals surface area (Å²) in [5.41, 5.74) is 1.13. The van der Waals surface area contributed by atoms with E-state index in [0.29, 0.717) is 26.5 Å². The molecule has 26 heavy (non-hydrogen) atoms. The molecule has 0 saturated carbocycles.